The standard InChI is InChI=1S/C9H17NOS/c1-10-4-7-12-9(8-10)2-5-11-6-3-9/h2-8H2,1H3. The van der Waals surface area contributed by atoms with E-state index in [-0.39, 0.29) is 0 Å². The number of thioether (sulfide) groups is 1. The monoisotopic (exact) mass is 187 g/mol. The van der Waals surface area contributed by atoms with Crippen LogP contribution in [0.2, 0.25) is 0 Å². The van der Waals surface area contributed by atoms with Crippen LogP contribution < -0.4 is 0 Å². The number of rotatable bonds is 0. The lowest BCUT2D eigenvalue weighted by Crippen LogP contribution is -2.47. The van der Waals surface area contributed by atoms with E-state index in [1.165, 1.54) is 31.7 Å². The smallest absolute Gasteiger partial charge is 0.0479 e. The van der Waals surface area contributed by atoms with Gasteiger partial charge < -0.3 is 9.64 Å². The zero-order valence-electron chi connectivity index (χ0n) is 7.71. The second-order valence-electron chi connectivity index (χ2n) is 3.88. The second kappa shape index (κ2) is 3.56. The molecule has 0 bridgehead atoms. The van der Waals surface area contributed by atoms with E-state index in [4.69, 9.17) is 4.74 Å². The molecular formula is C9H17NOS. The van der Waals surface area contributed by atoms with Gasteiger partial charge in [-0.15, -0.1) is 0 Å². The summed E-state index contributed by atoms with van der Waals surface area (Å²) in [7, 11) is 2.23. The second-order valence-corrected chi connectivity index (χ2v) is 5.44. The van der Waals surface area contributed by atoms with E-state index < -0.39 is 0 Å². The first-order chi connectivity index (χ1) is 5.81. The summed E-state index contributed by atoms with van der Waals surface area (Å²) in [5.41, 5.74) is 0. The lowest BCUT2D eigenvalue weighted by molar-refractivity contribution is 0.0667. The van der Waals surface area contributed by atoms with Crippen LogP contribution in [0.4, 0.5) is 0 Å². The summed E-state index contributed by atoms with van der Waals surface area (Å²) in [6.07, 6.45) is 2.50. The molecule has 70 valence electrons. The Morgan fingerprint density at radius 3 is 2.75 bits per heavy atom. The van der Waals surface area contributed by atoms with Gasteiger partial charge in [0.15, 0.2) is 0 Å². The maximum absolute atomic E-state index is 5.40. The minimum absolute atomic E-state index is 0.547. The first-order valence-electron chi connectivity index (χ1n) is 4.71. The maximum Gasteiger partial charge on any atom is 0.0479 e. The first kappa shape index (κ1) is 8.85. The van der Waals surface area contributed by atoms with Gasteiger partial charge in [-0.1, -0.05) is 0 Å². The summed E-state index contributed by atoms with van der Waals surface area (Å²) in [6, 6.07) is 0. The van der Waals surface area contributed by atoms with Crippen LogP contribution in [0.25, 0.3) is 0 Å². The molecule has 0 N–H and O–H groups in total. The Morgan fingerprint density at radius 1 is 1.33 bits per heavy atom. The molecule has 2 nitrogen and oxygen atoms in total. The van der Waals surface area contributed by atoms with Gasteiger partial charge in [-0.05, 0) is 19.9 Å². The Morgan fingerprint density at radius 2 is 2.08 bits per heavy atom. The van der Waals surface area contributed by atoms with Crippen molar-refractivity contribution in [2.24, 2.45) is 0 Å². The van der Waals surface area contributed by atoms with Gasteiger partial charge in [-0.2, -0.15) is 11.8 Å². The van der Waals surface area contributed by atoms with Gasteiger partial charge in [-0.3, -0.25) is 0 Å². The molecule has 3 heteroatoms. The molecule has 0 aromatic rings. The number of ether oxygens (including phenoxy) is 1. The van der Waals surface area contributed by atoms with Gasteiger partial charge >= 0.3 is 0 Å². The van der Waals surface area contributed by atoms with Gasteiger partial charge in [0.2, 0.25) is 0 Å². The third-order valence-corrected chi connectivity index (χ3v) is 4.38. The minimum atomic E-state index is 0.547. The maximum atomic E-state index is 5.40. The molecule has 0 aliphatic carbocycles. The normalized spacial score (nSPS) is 30.8. The van der Waals surface area contributed by atoms with Crippen molar-refractivity contribution in [1.82, 2.24) is 4.90 Å². The zero-order chi connectivity index (χ0) is 8.44. The lowest BCUT2D eigenvalue weighted by Gasteiger charge is -2.43. The van der Waals surface area contributed by atoms with Gasteiger partial charge in [0, 0.05) is 36.8 Å². The molecule has 2 aliphatic heterocycles. The van der Waals surface area contributed by atoms with Gasteiger partial charge in [0.25, 0.3) is 0 Å². The summed E-state index contributed by atoms with van der Waals surface area (Å²) in [4.78, 5) is 2.46. The van der Waals surface area contributed by atoms with Crippen LogP contribution in [0.3, 0.4) is 0 Å². The van der Waals surface area contributed by atoms with Crippen LogP contribution in [-0.2, 0) is 4.74 Å². The molecule has 0 aromatic heterocycles. The van der Waals surface area contributed by atoms with E-state index in [1.807, 2.05) is 0 Å². The van der Waals surface area contributed by atoms with Crippen molar-refractivity contribution in [1.29, 1.82) is 0 Å². The topological polar surface area (TPSA) is 12.5 Å². The molecule has 0 unspecified atom stereocenters. The molecule has 0 aromatic carbocycles. The van der Waals surface area contributed by atoms with Crippen LogP contribution in [-0.4, -0.2) is 48.8 Å². The van der Waals surface area contributed by atoms with Crippen molar-refractivity contribution >= 4 is 11.8 Å². The van der Waals surface area contributed by atoms with E-state index in [2.05, 4.69) is 23.7 Å². The Labute approximate surface area is 78.6 Å². The highest BCUT2D eigenvalue weighted by atomic mass is 32.2. The lowest BCUT2D eigenvalue weighted by atomic mass is 9.98. The predicted octanol–water partition coefficient (Wildman–Crippen LogP) is 1.21. The molecule has 12 heavy (non-hydrogen) atoms. The van der Waals surface area contributed by atoms with Crippen molar-refractivity contribution in [3.63, 3.8) is 0 Å². The van der Waals surface area contributed by atoms with Crippen LogP contribution in [0.15, 0.2) is 0 Å². The quantitative estimate of drug-likeness (QED) is 0.566. The van der Waals surface area contributed by atoms with Crippen molar-refractivity contribution in [3.8, 4) is 0 Å². The van der Waals surface area contributed by atoms with Gasteiger partial charge in [0.1, 0.15) is 0 Å². The highest BCUT2D eigenvalue weighted by molar-refractivity contribution is 8.00. The molecule has 0 amide bonds. The summed E-state index contributed by atoms with van der Waals surface area (Å²) in [5, 5.41) is 0. The Balaban J connectivity index is 1.97. The molecule has 2 heterocycles. The van der Waals surface area contributed by atoms with Crippen LogP contribution in [0.1, 0.15) is 12.8 Å². The van der Waals surface area contributed by atoms with E-state index in [9.17, 15) is 0 Å². The van der Waals surface area contributed by atoms with Crippen molar-refractivity contribution in [2.75, 3.05) is 39.1 Å². The summed E-state index contributed by atoms with van der Waals surface area (Å²) in [6.45, 7) is 4.47. The van der Waals surface area contributed by atoms with Crippen LogP contribution >= 0.6 is 11.8 Å². The summed E-state index contributed by atoms with van der Waals surface area (Å²) in [5.74, 6) is 1.30. The first-order valence-corrected chi connectivity index (χ1v) is 5.70. The van der Waals surface area contributed by atoms with Crippen LogP contribution in [0.5, 0.6) is 0 Å². The van der Waals surface area contributed by atoms with Gasteiger partial charge in [-0.25, -0.2) is 0 Å². The minimum Gasteiger partial charge on any atom is -0.381 e. The Kier molecular flexibility index (Phi) is 2.63. The van der Waals surface area contributed by atoms with E-state index in [1.54, 1.807) is 0 Å². The number of hydrogen-bond acceptors (Lipinski definition) is 3. The highest BCUT2D eigenvalue weighted by Gasteiger charge is 2.36. The van der Waals surface area contributed by atoms with Crippen molar-refractivity contribution < 1.29 is 4.74 Å². The SMILES string of the molecule is CN1CCSC2(CCOCC2)C1. The molecule has 0 atom stereocenters. The highest BCUT2D eigenvalue weighted by Crippen LogP contribution is 2.38. The number of hydrogen-bond donors (Lipinski definition) is 0. The van der Waals surface area contributed by atoms with Crippen molar-refractivity contribution in [2.45, 2.75) is 17.6 Å². The predicted molar refractivity (Wildman–Crippen MR) is 52.7 cm³/mol. The summed E-state index contributed by atoms with van der Waals surface area (Å²) < 4.78 is 5.95. The average molecular weight is 187 g/mol. The molecule has 2 saturated heterocycles. The molecule has 2 aliphatic rings. The number of nitrogens with zero attached hydrogens (tertiary/aromatic N) is 1. The van der Waals surface area contributed by atoms with E-state index >= 15 is 0 Å². The third kappa shape index (κ3) is 1.78. The molecular weight excluding hydrogens is 170 g/mol. The zero-order valence-corrected chi connectivity index (χ0v) is 8.53. The van der Waals surface area contributed by atoms with Crippen molar-refractivity contribution in [3.05, 3.63) is 0 Å². The fourth-order valence-corrected chi connectivity index (χ4v) is 3.68. The molecule has 0 radical (unpaired) electrons. The van der Waals surface area contributed by atoms with Crippen LogP contribution in [0, 0.1) is 0 Å². The fourth-order valence-electron chi connectivity index (χ4n) is 2.08. The Bertz CT molecular complexity index is 151. The fraction of sp³-hybridized carbons (Fsp3) is 1.00. The summed E-state index contributed by atoms with van der Waals surface area (Å²) >= 11 is 2.17. The molecule has 2 rings (SSSR count). The van der Waals surface area contributed by atoms with E-state index in [0.29, 0.717) is 4.75 Å². The molecule has 1 spiro atoms. The molecule has 0 saturated carbocycles. The van der Waals surface area contributed by atoms with E-state index in [0.717, 1.165) is 13.2 Å². The van der Waals surface area contributed by atoms with Gasteiger partial charge in [0.05, 0.1) is 0 Å². The third-order valence-electron chi connectivity index (χ3n) is 2.84. The molecule has 2 fully saturated rings. The average Bonchev–Trinajstić information content (AvgIpc) is 2.05. The largest absolute Gasteiger partial charge is 0.381 e. The Hall–Kier alpha value is 0.270.